The Bertz CT molecular complexity index is 911. The van der Waals surface area contributed by atoms with Crippen molar-refractivity contribution in [3.8, 4) is 0 Å². The quantitative estimate of drug-likeness (QED) is 0.598. The van der Waals surface area contributed by atoms with Crippen molar-refractivity contribution in [1.82, 2.24) is 15.2 Å². The summed E-state index contributed by atoms with van der Waals surface area (Å²) in [5, 5.41) is 12.7. The second-order valence-corrected chi connectivity index (χ2v) is 4.99. The fourth-order valence-electron chi connectivity index (χ4n) is 2.51. The van der Waals surface area contributed by atoms with Gasteiger partial charge in [0, 0.05) is 16.5 Å². The first-order valence-electron chi connectivity index (χ1n) is 6.91. The number of H-pyrrole nitrogens is 1. The Kier molecular flexibility index (Phi) is 2.78. The van der Waals surface area contributed by atoms with Gasteiger partial charge in [-0.15, -0.1) is 0 Å². The standard InChI is InChI=1S/C17H14N4/c1-2-5-15-12(4-1)8-9-13(20-15)10-18-16-6-3-7-17-14(16)11-19-21-17/h1-9,11,18H,10H2,(H,19,21). The van der Waals surface area contributed by atoms with Crippen LogP contribution in [0.25, 0.3) is 21.8 Å². The lowest BCUT2D eigenvalue weighted by Crippen LogP contribution is -2.01. The summed E-state index contributed by atoms with van der Waals surface area (Å²) in [6.45, 7) is 0.690. The molecule has 0 amide bonds. The summed E-state index contributed by atoms with van der Waals surface area (Å²) in [7, 11) is 0. The molecule has 21 heavy (non-hydrogen) atoms. The molecule has 2 aromatic heterocycles. The second kappa shape index (κ2) is 4.90. The topological polar surface area (TPSA) is 53.6 Å². The van der Waals surface area contributed by atoms with E-state index in [0.717, 1.165) is 33.2 Å². The lowest BCUT2D eigenvalue weighted by atomic mass is 10.2. The summed E-state index contributed by atoms with van der Waals surface area (Å²) in [4.78, 5) is 4.67. The molecule has 0 radical (unpaired) electrons. The Morgan fingerprint density at radius 1 is 0.952 bits per heavy atom. The molecule has 4 heteroatoms. The lowest BCUT2D eigenvalue weighted by molar-refractivity contribution is 1.07. The van der Waals surface area contributed by atoms with E-state index in [1.165, 1.54) is 0 Å². The first-order chi connectivity index (χ1) is 10.4. The van der Waals surface area contributed by atoms with Gasteiger partial charge in [-0.1, -0.05) is 30.3 Å². The highest BCUT2D eigenvalue weighted by Gasteiger charge is 2.03. The molecule has 2 aromatic carbocycles. The maximum absolute atomic E-state index is 4.67. The Morgan fingerprint density at radius 3 is 2.90 bits per heavy atom. The van der Waals surface area contributed by atoms with Crippen LogP contribution in [0.3, 0.4) is 0 Å². The number of benzene rings is 2. The van der Waals surface area contributed by atoms with Crippen LogP contribution in [0.5, 0.6) is 0 Å². The number of hydrogen-bond donors (Lipinski definition) is 2. The molecule has 4 rings (SSSR count). The Labute approximate surface area is 121 Å². The molecule has 0 aliphatic heterocycles. The number of para-hydroxylation sites is 1. The number of rotatable bonds is 3. The maximum Gasteiger partial charge on any atom is 0.0706 e. The fraction of sp³-hybridized carbons (Fsp3) is 0.0588. The number of fused-ring (bicyclic) bond motifs is 2. The highest BCUT2D eigenvalue weighted by molar-refractivity contribution is 5.90. The third-order valence-corrected chi connectivity index (χ3v) is 3.60. The SMILES string of the molecule is c1ccc2nc(CNc3cccc4[nH]ncc34)ccc2c1. The van der Waals surface area contributed by atoms with E-state index in [-0.39, 0.29) is 0 Å². The average molecular weight is 274 g/mol. The van der Waals surface area contributed by atoms with Crippen LogP contribution in [0.15, 0.2) is 60.8 Å². The van der Waals surface area contributed by atoms with E-state index >= 15 is 0 Å². The molecule has 2 heterocycles. The highest BCUT2D eigenvalue weighted by Crippen LogP contribution is 2.21. The molecular formula is C17H14N4. The van der Waals surface area contributed by atoms with Gasteiger partial charge in [0.05, 0.1) is 29.5 Å². The van der Waals surface area contributed by atoms with Gasteiger partial charge in [-0.05, 0) is 24.3 Å². The molecule has 0 atom stereocenters. The molecule has 0 aliphatic rings. The van der Waals surface area contributed by atoms with Crippen LogP contribution >= 0.6 is 0 Å². The fourth-order valence-corrected chi connectivity index (χ4v) is 2.51. The molecule has 0 unspecified atom stereocenters. The van der Waals surface area contributed by atoms with Gasteiger partial charge in [0.25, 0.3) is 0 Å². The lowest BCUT2D eigenvalue weighted by Gasteiger charge is -2.08. The zero-order chi connectivity index (χ0) is 14.1. The summed E-state index contributed by atoms with van der Waals surface area (Å²) in [6, 6.07) is 18.4. The van der Waals surface area contributed by atoms with Crippen LogP contribution in [0.1, 0.15) is 5.69 Å². The molecule has 0 spiro atoms. The van der Waals surface area contributed by atoms with Gasteiger partial charge < -0.3 is 5.32 Å². The number of aromatic amines is 1. The minimum atomic E-state index is 0.690. The van der Waals surface area contributed by atoms with Gasteiger partial charge in [-0.2, -0.15) is 5.10 Å². The van der Waals surface area contributed by atoms with Crippen LogP contribution < -0.4 is 5.32 Å². The van der Waals surface area contributed by atoms with Gasteiger partial charge >= 0.3 is 0 Å². The molecule has 0 bridgehead atoms. The van der Waals surface area contributed by atoms with E-state index in [2.05, 4.69) is 44.8 Å². The second-order valence-electron chi connectivity index (χ2n) is 4.99. The molecule has 0 saturated carbocycles. The Balaban J connectivity index is 1.61. The van der Waals surface area contributed by atoms with Crippen LogP contribution in [-0.4, -0.2) is 15.2 Å². The van der Waals surface area contributed by atoms with Crippen molar-refractivity contribution >= 4 is 27.5 Å². The predicted octanol–water partition coefficient (Wildman–Crippen LogP) is 3.72. The minimum absolute atomic E-state index is 0.690. The van der Waals surface area contributed by atoms with E-state index in [1.54, 1.807) is 0 Å². The number of nitrogens with one attached hydrogen (secondary N) is 2. The van der Waals surface area contributed by atoms with Crippen LogP contribution in [0.4, 0.5) is 5.69 Å². The first kappa shape index (κ1) is 11.9. The maximum atomic E-state index is 4.67. The summed E-state index contributed by atoms with van der Waals surface area (Å²) in [5.74, 6) is 0. The molecule has 102 valence electrons. The van der Waals surface area contributed by atoms with Crippen molar-refractivity contribution in [3.05, 3.63) is 66.5 Å². The third-order valence-electron chi connectivity index (χ3n) is 3.60. The zero-order valence-corrected chi connectivity index (χ0v) is 11.4. The summed E-state index contributed by atoms with van der Waals surface area (Å²) >= 11 is 0. The van der Waals surface area contributed by atoms with Crippen molar-refractivity contribution in [3.63, 3.8) is 0 Å². The Hall–Kier alpha value is -2.88. The number of pyridine rings is 1. The van der Waals surface area contributed by atoms with Crippen molar-refractivity contribution in [2.45, 2.75) is 6.54 Å². The number of nitrogens with zero attached hydrogens (tertiary/aromatic N) is 2. The molecule has 4 aromatic rings. The molecule has 0 aliphatic carbocycles. The van der Waals surface area contributed by atoms with Gasteiger partial charge in [0.15, 0.2) is 0 Å². The van der Waals surface area contributed by atoms with E-state index in [4.69, 9.17) is 0 Å². The van der Waals surface area contributed by atoms with Crippen molar-refractivity contribution < 1.29 is 0 Å². The normalized spacial score (nSPS) is 11.0. The van der Waals surface area contributed by atoms with E-state index in [1.807, 2.05) is 36.5 Å². The first-order valence-corrected chi connectivity index (χ1v) is 6.91. The average Bonchev–Trinajstić information content (AvgIpc) is 3.02. The smallest absolute Gasteiger partial charge is 0.0706 e. The monoisotopic (exact) mass is 274 g/mol. The molecule has 0 saturated heterocycles. The summed E-state index contributed by atoms with van der Waals surface area (Å²) < 4.78 is 0. The van der Waals surface area contributed by atoms with Gasteiger partial charge in [-0.25, -0.2) is 0 Å². The Morgan fingerprint density at radius 2 is 1.90 bits per heavy atom. The predicted molar refractivity (Wildman–Crippen MR) is 85.2 cm³/mol. The molecular weight excluding hydrogens is 260 g/mol. The minimum Gasteiger partial charge on any atom is -0.379 e. The van der Waals surface area contributed by atoms with Crippen LogP contribution in [0, 0.1) is 0 Å². The summed E-state index contributed by atoms with van der Waals surface area (Å²) in [6.07, 6.45) is 1.84. The van der Waals surface area contributed by atoms with Gasteiger partial charge in [0.2, 0.25) is 0 Å². The van der Waals surface area contributed by atoms with Gasteiger partial charge in [0.1, 0.15) is 0 Å². The molecule has 2 N–H and O–H groups in total. The number of anilines is 1. The van der Waals surface area contributed by atoms with E-state index in [0.29, 0.717) is 6.54 Å². The van der Waals surface area contributed by atoms with Crippen molar-refractivity contribution in [2.24, 2.45) is 0 Å². The van der Waals surface area contributed by atoms with Crippen molar-refractivity contribution in [2.75, 3.05) is 5.32 Å². The van der Waals surface area contributed by atoms with Crippen molar-refractivity contribution in [1.29, 1.82) is 0 Å². The largest absolute Gasteiger partial charge is 0.379 e. The third kappa shape index (κ3) is 2.21. The van der Waals surface area contributed by atoms with Crippen LogP contribution in [0.2, 0.25) is 0 Å². The highest BCUT2D eigenvalue weighted by atomic mass is 15.1. The van der Waals surface area contributed by atoms with E-state index in [9.17, 15) is 0 Å². The number of hydrogen-bond acceptors (Lipinski definition) is 3. The van der Waals surface area contributed by atoms with Crippen LogP contribution in [-0.2, 0) is 6.54 Å². The van der Waals surface area contributed by atoms with Gasteiger partial charge in [-0.3, -0.25) is 10.1 Å². The van der Waals surface area contributed by atoms with E-state index < -0.39 is 0 Å². The molecule has 0 fully saturated rings. The molecule has 4 nitrogen and oxygen atoms in total. The summed E-state index contributed by atoms with van der Waals surface area (Å²) in [5.41, 5.74) is 4.15. The number of aromatic nitrogens is 3. The zero-order valence-electron chi connectivity index (χ0n) is 11.4.